The molecule has 0 atom stereocenters. The monoisotopic (exact) mass is 271 g/mol. The van der Waals surface area contributed by atoms with Gasteiger partial charge in [0.2, 0.25) is 5.91 Å². The van der Waals surface area contributed by atoms with Crippen LogP contribution in [0.3, 0.4) is 0 Å². The number of ketones is 1. The predicted molar refractivity (Wildman–Crippen MR) is 77.1 cm³/mol. The van der Waals surface area contributed by atoms with Crippen molar-refractivity contribution < 1.29 is 14.3 Å². The Balaban J connectivity index is 3.20. The third-order valence-corrected chi connectivity index (χ3v) is 3.03. The fourth-order valence-electron chi connectivity index (χ4n) is 1.81. The molecule has 0 aromatic rings. The Bertz CT molecular complexity index is 242. The Labute approximate surface area is 117 Å². The number of carbonyl (C=O) groups excluding carboxylic acids is 2. The molecule has 0 radical (unpaired) electrons. The highest BCUT2D eigenvalue weighted by atomic mass is 16.5. The first kappa shape index (κ1) is 18.1. The lowest BCUT2D eigenvalue weighted by Gasteiger charge is -2.05. The number of ether oxygens (including phenoxy) is 1. The summed E-state index contributed by atoms with van der Waals surface area (Å²) < 4.78 is 5.14. The van der Waals surface area contributed by atoms with E-state index in [1.54, 1.807) is 0 Å². The van der Waals surface area contributed by atoms with Gasteiger partial charge in [-0.1, -0.05) is 26.2 Å². The van der Waals surface area contributed by atoms with Gasteiger partial charge in [-0.05, 0) is 19.8 Å². The number of Topliss-reactive ketones (excluding diaryl/α,β-unsaturated/α-hetero) is 1. The van der Waals surface area contributed by atoms with E-state index in [1.165, 1.54) is 0 Å². The fraction of sp³-hybridized carbons (Fsp3) is 0.867. The Morgan fingerprint density at radius 2 is 1.58 bits per heavy atom. The van der Waals surface area contributed by atoms with Gasteiger partial charge in [-0.15, -0.1) is 0 Å². The van der Waals surface area contributed by atoms with Crippen molar-refractivity contribution >= 4 is 11.7 Å². The van der Waals surface area contributed by atoms with Crippen molar-refractivity contribution in [1.29, 1.82) is 0 Å². The molecule has 1 N–H and O–H groups in total. The molecule has 0 heterocycles. The Hall–Kier alpha value is -0.900. The van der Waals surface area contributed by atoms with Crippen molar-refractivity contribution in [3.05, 3.63) is 0 Å². The second-order valence-electron chi connectivity index (χ2n) is 4.71. The summed E-state index contributed by atoms with van der Waals surface area (Å²) >= 11 is 0. The largest absolute Gasteiger partial charge is 0.380 e. The molecule has 112 valence electrons. The highest BCUT2D eigenvalue weighted by molar-refractivity contribution is 5.77. The molecule has 4 heteroatoms. The third kappa shape index (κ3) is 13.3. The molecule has 0 saturated carbocycles. The summed E-state index contributed by atoms with van der Waals surface area (Å²) in [7, 11) is 0. The molecule has 0 saturated heterocycles. The zero-order valence-corrected chi connectivity index (χ0v) is 12.5. The first-order valence-electron chi connectivity index (χ1n) is 7.56. The summed E-state index contributed by atoms with van der Waals surface area (Å²) in [5.41, 5.74) is 0. The zero-order chi connectivity index (χ0) is 14.3. The minimum Gasteiger partial charge on any atom is -0.380 e. The molecule has 19 heavy (non-hydrogen) atoms. The summed E-state index contributed by atoms with van der Waals surface area (Å²) in [5.74, 6) is 0.467. The van der Waals surface area contributed by atoms with Crippen molar-refractivity contribution in [3.63, 3.8) is 0 Å². The Morgan fingerprint density at radius 1 is 0.947 bits per heavy atom. The first-order valence-corrected chi connectivity index (χ1v) is 7.56. The van der Waals surface area contributed by atoms with Gasteiger partial charge in [0, 0.05) is 32.4 Å². The fourth-order valence-corrected chi connectivity index (χ4v) is 1.81. The maximum absolute atomic E-state index is 11.4. The van der Waals surface area contributed by atoms with E-state index >= 15 is 0 Å². The van der Waals surface area contributed by atoms with Crippen LogP contribution in [0.15, 0.2) is 0 Å². The van der Waals surface area contributed by atoms with Crippen LogP contribution in [0, 0.1) is 0 Å². The number of nitrogens with one attached hydrogen (secondary N) is 1. The van der Waals surface area contributed by atoms with Gasteiger partial charge in [0.15, 0.2) is 0 Å². The number of hydrogen-bond acceptors (Lipinski definition) is 3. The molecule has 0 rings (SSSR count). The van der Waals surface area contributed by atoms with Crippen molar-refractivity contribution in [1.82, 2.24) is 5.32 Å². The second kappa shape index (κ2) is 13.5. The van der Waals surface area contributed by atoms with Crippen LogP contribution in [0.4, 0.5) is 0 Å². The SMILES string of the molecule is CCOCCNC(=O)CCCCCCCC(=O)CC. The van der Waals surface area contributed by atoms with E-state index < -0.39 is 0 Å². The molecule has 0 aromatic carbocycles. The summed E-state index contributed by atoms with van der Waals surface area (Å²) in [5, 5.41) is 2.83. The minimum atomic E-state index is 0.112. The van der Waals surface area contributed by atoms with Crippen molar-refractivity contribution in [3.8, 4) is 0 Å². The molecular weight excluding hydrogens is 242 g/mol. The summed E-state index contributed by atoms with van der Waals surface area (Å²) in [6.45, 7) is 5.73. The molecule has 0 aliphatic rings. The van der Waals surface area contributed by atoms with E-state index in [-0.39, 0.29) is 5.91 Å². The van der Waals surface area contributed by atoms with Gasteiger partial charge in [0.1, 0.15) is 5.78 Å². The van der Waals surface area contributed by atoms with Gasteiger partial charge in [0.05, 0.1) is 6.61 Å². The lowest BCUT2D eigenvalue weighted by atomic mass is 10.1. The second-order valence-corrected chi connectivity index (χ2v) is 4.71. The molecule has 1 amide bonds. The van der Waals surface area contributed by atoms with Crippen LogP contribution < -0.4 is 5.32 Å². The van der Waals surface area contributed by atoms with Crippen LogP contribution in [-0.2, 0) is 14.3 Å². The number of hydrogen-bond donors (Lipinski definition) is 1. The summed E-state index contributed by atoms with van der Waals surface area (Å²) in [6, 6.07) is 0. The van der Waals surface area contributed by atoms with Gasteiger partial charge in [-0.2, -0.15) is 0 Å². The summed E-state index contributed by atoms with van der Waals surface area (Å²) in [6.07, 6.45) is 7.17. The molecule has 0 fully saturated rings. The molecule has 0 spiro atoms. The van der Waals surface area contributed by atoms with Crippen LogP contribution >= 0.6 is 0 Å². The van der Waals surface area contributed by atoms with E-state index in [4.69, 9.17) is 4.74 Å². The van der Waals surface area contributed by atoms with E-state index in [0.29, 0.717) is 44.8 Å². The van der Waals surface area contributed by atoms with Crippen LogP contribution in [-0.4, -0.2) is 31.4 Å². The highest BCUT2D eigenvalue weighted by Crippen LogP contribution is 2.08. The maximum atomic E-state index is 11.4. The van der Waals surface area contributed by atoms with Gasteiger partial charge in [-0.3, -0.25) is 9.59 Å². The van der Waals surface area contributed by atoms with Gasteiger partial charge in [-0.25, -0.2) is 0 Å². The molecule has 0 aromatic heterocycles. The predicted octanol–water partition coefficient (Wildman–Crippen LogP) is 2.85. The summed E-state index contributed by atoms with van der Waals surface area (Å²) in [4.78, 5) is 22.5. The molecule has 0 unspecified atom stereocenters. The van der Waals surface area contributed by atoms with E-state index in [1.807, 2.05) is 13.8 Å². The van der Waals surface area contributed by atoms with Crippen molar-refractivity contribution in [2.75, 3.05) is 19.8 Å². The normalized spacial score (nSPS) is 10.4. The third-order valence-electron chi connectivity index (χ3n) is 3.03. The molecule has 0 aliphatic carbocycles. The quantitative estimate of drug-likeness (QED) is 0.524. The molecule has 4 nitrogen and oxygen atoms in total. The smallest absolute Gasteiger partial charge is 0.220 e. The van der Waals surface area contributed by atoms with E-state index in [0.717, 1.165) is 32.1 Å². The van der Waals surface area contributed by atoms with Crippen molar-refractivity contribution in [2.24, 2.45) is 0 Å². The molecular formula is C15H29NO3. The highest BCUT2D eigenvalue weighted by Gasteiger charge is 2.01. The van der Waals surface area contributed by atoms with Crippen molar-refractivity contribution in [2.45, 2.75) is 65.2 Å². The number of carbonyl (C=O) groups is 2. The average Bonchev–Trinajstić information content (AvgIpc) is 2.42. The van der Waals surface area contributed by atoms with Gasteiger partial charge >= 0.3 is 0 Å². The van der Waals surface area contributed by atoms with Crippen LogP contribution in [0.25, 0.3) is 0 Å². The lowest BCUT2D eigenvalue weighted by molar-refractivity contribution is -0.121. The molecule has 0 aliphatic heterocycles. The number of rotatable bonds is 13. The van der Waals surface area contributed by atoms with Gasteiger partial charge < -0.3 is 10.1 Å². The number of unbranched alkanes of at least 4 members (excludes halogenated alkanes) is 4. The van der Waals surface area contributed by atoms with Crippen LogP contribution in [0.5, 0.6) is 0 Å². The number of amides is 1. The lowest BCUT2D eigenvalue weighted by Crippen LogP contribution is -2.26. The Kier molecular flexibility index (Phi) is 12.9. The zero-order valence-electron chi connectivity index (χ0n) is 12.5. The molecule has 0 bridgehead atoms. The Morgan fingerprint density at radius 3 is 2.21 bits per heavy atom. The van der Waals surface area contributed by atoms with E-state index in [9.17, 15) is 9.59 Å². The standard InChI is InChI=1S/C15H29NO3/c1-3-14(17)10-8-6-5-7-9-11-15(18)16-12-13-19-4-2/h3-13H2,1-2H3,(H,16,18). The average molecular weight is 271 g/mol. The minimum absolute atomic E-state index is 0.112. The maximum Gasteiger partial charge on any atom is 0.220 e. The first-order chi connectivity index (χ1) is 9.20. The topological polar surface area (TPSA) is 55.4 Å². The van der Waals surface area contributed by atoms with Crippen LogP contribution in [0.1, 0.15) is 65.2 Å². The van der Waals surface area contributed by atoms with E-state index in [2.05, 4.69) is 5.32 Å². The van der Waals surface area contributed by atoms with Crippen LogP contribution in [0.2, 0.25) is 0 Å². The van der Waals surface area contributed by atoms with Gasteiger partial charge in [0.25, 0.3) is 0 Å².